The topological polar surface area (TPSA) is 211 Å². The van der Waals surface area contributed by atoms with Crippen LogP contribution in [0.2, 0.25) is 5.82 Å². The Balaban J connectivity index is 0.000000351. The second kappa shape index (κ2) is 33.0. The standard InChI is InChI=1S/C23H31F3O3.C21H27F3O3.C16H18F6O7S.C8H15BO2/c1-7-28-20(27)19(29-21(2,3)4)18-16(9-8-10-17(18)23(24,25)26)15-11-13-22(5,6)14-12-15;1-19(2,3)27-17(18(25)26)16-14(7-6-8-15(16)21(22,23)24)13-9-11-20(4,5)12-10-13;1-5-26-13(23)12(27-14(2,3)4)11-9(15(17,18)19)7-6-8-10(11)28-30(24,25)29-16(20,21)22;1-8(2)5-3-7(4-6-8)9(10)11/h8-11,19H,7,12-14H2,1-6H3;6-9,17H,10-12H2,1-5H3,(H,25,26);6-8,12H,5H2,1-4H3;3,5,7,10-11H,4,6H2,1-2H3. The molecule has 0 amide bonds. The van der Waals surface area contributed by atoms with Gasteiger partial charge in [0, 0.05) is 22.5 Å². The second-order valence-corrected chi connectivity index (χ2v) is 29.7. The van der Waals surface area contributed by atoms with Crippen LogP contribution in [-0.4, -0.2) is 85.0 Å². The van der Waals surface area contributed by atoms with Crippen molar-refractivity contribution < 1.29 is 123 Å². The first kappa shape index (κ1) is 85.2. The third-order valence-electron chi connectivity index (χ3n) is 14.9. The quantitative estimate of drug-likeness (QED) is 0.0497. The molecule has 0 fully saturated rings. The van der Waals surface area contributed by atoms with Crippen molar-refractivity contribution in [2.45, 2.75) is 235 Å². The van der Waals surface area contributed by atoms with Crippen LogP contribution in [0.4, 0.5) is 52.7 Å². The van der Waals surface area contributed by atoms with Crippen LogP contribution in [0, 0.1) is 16.2 Å². The van der Waals surface area contributed by atoms with E-state index in [0.29, 0.717) is 42.2 Å². The molecule has 0 aromatic heterocycles. The molecule has 3 aromatic carbocycles. The number of carbonyl (C=O) groups excluding carboxylic acids is 2. The van der Waals surface area contributed by atoms with Gasteiger partial charge in [-0.05, 0) is 190 Å². The van der Waals surface area contributed by atoms with Gasteiger partial charge in [0.2, 0.25) is 0 Å². The van der Waals surface area contributed by atoms with Gasteiger partial charge in [-0.15, -0.1) is 17.4 Å². The fraction of sp³-hybridized carbons (Fsp3) is 0.603. The summed E-state index contributed by atoms with van der Waals surface area (Å²) in [6.45, 7) is 29.7. The van der Waals surface area contributed by atoms with Crippen LogP contribution >= 0.6 is 0 Å². The number of rotatable bonds is 17. The van der Waals surface area contributed by atoms with Crippen molar-refractivity contribution >= 4 is 46.6 Å². The van der Waals surface area contributed by atoms with E-state index in [1.165, 1.54) is 39.8 Å². The Kier molecular flexibility index (Phi) is 29.0. The average molecular weight is 1420 g/mol. The summed E-state index contributed by atoms with van der Waals surface area (Å²) in [4.78, 5) is 36.9. The molecule has 0 heterocycles. The van der Waals surface area contributed by atoms with E-state index in [0.717, 1.165) is 61.8 Å². The smallest absolute Gasteiger partial charge is 0.479 e. The van der Waals surface area contributed by atoms with Gasteiger partial charge in [0.1, 0.15) is 0 Å². The van der Waals surface area contributed by atoms with E-state index in [2.05, 4.69) is 56.0 Å². The van der Waals surface area contributed by atoms with Gasteiger partial charge < -0.3 is 43.0 Å². The Bertz CT molecular complexity index is 3360. The summed E-state index contributed by atoms with van der Waals surface area (Å²) in [7, 11) is -7.07. The molecule has 0 bridgehead atoms. The molecule has 15 nitrogen and oxygen atoms in total. The third kappa shape index (κ3) is 27.9. The Morgan fingerprint density at radius 1 is 0.557 bits per heavy atom. The Morgan fingerprint density at radius 2 is 0.918 bits per heavy atom. The summed E-state index contributed by atoms with van der Waals surface area (Å²) in [6, 6.07) is 9.61. The molecule has 6 rings (SSSR count). The van der Waals surface area contributed by atoms with E-state index in [4.69, 9.17) is 33.7 Å². The zero-order valence-electron chi connectivity index (χ0n) is 57.6. The van der Waals surface area contributed by atoms with Gasteiger partial charge in [0.25, 0.3) is 0 Å². The lowest BCUT2D eigenvalue weighted by Gasteiger charge is -2.32. The molecule has 0 saturated heterocycles. The molecule has 0 radical (unpaired) electrons. The molecule has 4 atom stereocenters. The highest BCUT2D eigenvalue weighted by atomic mass is 32.3. The lowest BCUT2D eigenvalue weighted by Crippen LogP contribution is -2.31. The van der Waals surface area contributed by atoms with Crippen LogP contribution in [0.3, 0.4) is 0 Å². The SMILES string of the molecule is CC1(C)C=CC(B(O)O)CC1.CC1(C)CC=C(c2cccc(C(F)(F)F)c2C(OC(C)(C)C)C(=O)O)CC1.CCOC(=O)C(OC(C)(C)C)c1c(C2=CCC(C)(C)CC2)cccc1C(F)(F)F.CCOC(=O)C(OC(C)(C)C)c1c(OS(=O)(=O)OC(F)(F)F)cccc1C(F)(F)F. The zero-order chi connectivity index (χ0) is 74.7. The maximum atomic E-state index is 13.9. The van der Waals surface area contributed by atoms with E-state index in [-0.39, 0.29) is 46.4 Å². The van der Waals surface area contributed by atoms with Crippen molar-refractivity contribution in [3.05, 3.63) is 123 Å². The molecule has 0 aliphatic heterocycles. The average Bonchev–Trinajstić information content (AvgIpc) is 0.782. The Labute approximate surface area is 560 Å². The molecule has 3 aliphatic carbocycles. The summed E-state index contributed by atoms with van der Waals surface area (Å²) >= 11 is 0. The van der Waals surface area contributed by atoms with Crippen LogP contribution in [0.25, 0.3) is 11.1 Å². The van der Waals surface area contributed by atoms with Crippen molar-refractivity contribution in [2.75, 3.05) is 13.2 Å². The number of carboxylic acids is 1. The molecule has 97 heavy (non-hydrogen) atoms. The number of halogens is 12. The summed E-state index contributed by atoms with van der Waals surface area (Å²) in [5.41, 5.74) is -5.32. The molecule has 4 unspecified atom stereocenters. The molecule has 3 aromatic rings. The van der Waals surface area contributed by atoms with Gasteiger partial charge in [0.15, 0.2) is 24.1 Å². The van der Waals surface area contributed by atoms with Gasteiger partial charge in [-0.25, -0.2) is 14.4 Å². The fourth-order valence-electron chi connectivity index (χ4n) is 10.3. The molecule has 29 heteroatoms. The fourth-order valence-corrected chi connectivity index (χ4v) is 10.9. The minimum Gasteiger partial charge on any atom is -0.479 e. The number of hydrogen-bond acceptors (Lipinski definition) is 14. The lowest BCUT2D eigenvalue weighted by atomic mass is 9.64. The number of benzene rings is 3. The number of aliphatic carboxylic acids is 1. The summed E-state index contributed by atoms with van der Waals surface area (Å²) < 4.78 is 217. The van der Waals surface area contributed by atoms with Gasteiger partial charge in [0.05, 0.1) is 46.7 Å². The number of carbonyl (C=O) groups is 3. The second-order valence-electron chi connectivity index (χ2n) is 28.6. The first-order chi connectivity index (χ1) is 43.8. The van der Waals surface area contributed by atoms with Crippen molar-refractivity contribution in [2.24, 2.45) is 16.2 Å². The molecule has 0 saturated carbocycles. The molecular formula is C68H91BF12O15S. The molecule has 3 aliphatic rings. The largest absolute Gasteiger partial charge is 0.539 e. The maximum Gasteiger partial charge on any atom is 0.539 e. The van der Waals surface area contributed by atoms with Crippen molar-refractivity contribution in [3.8, 4) is 5.75 Å². The highest BCUT2D eigenvalue weighted by Gasteiger charge is 2.46. The summed E-state index contributed by atoms with van der Waals surface area (Å²) in [5.74, 6) is -4.89. The van der Waals surface area contributed by atoms with E-state index in [1.54, 1.807) is 60.6 Å². The Hall–Kier alpha value is -5.98. The van der Waals surface area contributed by atoms with Crippen LogP contribution in [0.5, 0.6) is 5.75 Å². The predicted molar refractivity (Wildman–Crippen MR) is 340 cm³/mol. The van der Waals surface area contributed by atoms with Crippen molar-refractivity contribution in [1.29, 1.82) is 0 Å². The highest BCUT2D eigenvalue weighted by Crippen LogP contribution is 2.49. The van der Waals surface area contributed by atoms with Crippen LogP contribution in [0.1, 0.15) is 232 Å². The van der Waals surface area contributed by atoms with Gasteiger partial charge >= 0.3 is 60.3 Å². The highest BCUT2D eigenvalue weighted by molar-refractivity contribution is 7.82. The van der Waals surface area contributed by atoms with E-state index in [9.17, 15) is 80.6 Å². The zero-order valence-corrected chi connectivity index (χ0v) is 58.5. The summed E-state index contributed by atoms with van der Waals surface area (Å²) in [5, 5.41) is 27.4. The predicted octanol–water partition coefficient (Wildman–Crippen LogP) is 18.4. The summed E-state index contributed by atoms with van der Waals surface area (Å²) in [6.07, 6.45) is -11.3. The number of ether oxygens (including phenoxy) is 5. The van der Waals surface area contributed by atoms with Crippen molar-refractivity contribution in [3.63, 3.8) is 0 Å². The van der Waals surface area contributed by atoms with Crippen LogP contribution < -0.4 is 4.18 Å². The molecule has 3 N–H and O–H groups in total. The van der Waals surface area contributed by atoms with Crippen LogP contribution in [-0.2, 0) is 71.2 Å². The van der Waals surface area contributed by atoms with E-state index >= 15 is 0 Å². The third-order valence-corrected chi connectivity index (χ3v) is 15.7. The Morgan fingerprint density at radius 3 is 1.23 bits per heavy atom. The molecule has 0 spiro atoms. The van der Waals surface area contributed by atoms with E-state index < -0.39 is 123 Å². The normalized spacial score (nSPS) is 18.3. The number of esters is 2. The minimum atomic E-state index is -5.89. The number of allylic oxidation sites excluding steroid dienone is 6. The van der Waals surface area contributed by atoms with Gasteiger partial charge in [-0.2, -0.15) is 47.9 Å². The van der Waals surface area contributed by atoms with Gasteiger partial charge in [-0.1, -0.05) is 96.2 Å². The first-order valence-corrected chi connectivity index (χ1v) is 32.5. The number of hydrogen-bond donors (Lipinski definition) is 3. The first-order valence-electron chi connectivity index (χ1n) is 31.2. The van der Waals surface area contributed by atoms with Crippen LogP contribution in [0.15, 0.2) is 78.9 Å². The minimum absolute atomic E-state index is 0.0528. The maximum absolute atomic E-state index is 13.9. The molecule has 546 valence electrons. The number of carboxylic acid groups (broad SMARTS) is 1. The number of alkyl halides is 12. The van der Waals surface area contributed by atoms with Crippen molar-refractivity contribution in [1.82, 2.24) is 0 Å². The van der Waals surface area contributed by atoms with Gasteiger partial charge in [-0.3, -0.25) is 0 Å². The molecular weight excluding hydrogens is 1330 g/mol. The monoisotopic (exact) mass is 1420 g/mol. The lowest BCUT2D eigenvalue weighted by molar-refractivity contribution is -0.274. The van der Waals surface area contributed by atoms with E-state index in [1.807, 2.05) is 18.2 Å².